The van der Waals surface area contributed by atoms with Gasteiger partial charge in [0, 0.05) is 31.4 Å². The first-order valence-corrected chi connectivity index (χ1v) is 9.32. The van der Waals surface area contributed by atoms with Crippen LogP contribution in [0.25, 0.3) is 0 Å². The molecule has 3 heterocycles. The average Bonchev–Trinajstić information content (AvgIpc) is 2.70. The number of ether oxygens (including phenoxy) is 3. The van der Waals surface area contributed by atoms with Gasteiger partial charge in [-0.2, -0.15) is 0 Å². The van der Waals surface area contributed by atoms with Crippen LogP contribution in [0.15, 0.2) is 24.4 Å². The Morgan fingerprint density at radius 1 is 1.22 bits per heavy atom. The van der Waals surface area contributed by atoms with E-state index in [1.54, 1.807) is 14.2 Å². The van der Waals surface area contributed by atoms with Gasteiger partial charge in [0.05, 0.1) is 26.5 Å². The monoisotopic (exact) mass is 370 g/mol. The smallest absolute Gasteiger partial charge is 0.220 e. The van der Waals surface area contributed by atoms with Crippen LogP contribution >= 0.6 is 0 Å². The molecule has 1 spiro atoms. The summed E-state index contributed by atoms with van der Waals surface area (Å²) in [5.41, 5.74) is 8.79. The van der Waals surface area contributed by atoms with Crippen LogP contribution in [-0.4, -0.2) is 48.8 Å². The number of hydrogen-bond acceptors (Lipinski definition) is 7. The third kappa shape index (κ3) is 3.44. The number of methoxy groups -OCH3 is 2. The van der Waals surface area contributed by atoms with E-state index in [4.69, 9.17) is 19.9 Å². The van der Waals surface area contributed by atoms with Gasteiger partial charge in [0.25, 0.3) is 0 Å². The highest BCUT2D eigenvalue weighted by Gasteiger charge is 2.42. The lowest BCUT2D eigenvalue weighted by Gasteiger charge is -2.44. The van der Waals surface area contributed by atoms with Crippen molar-refractivity contribution in [2.24, 2.45) is 0 Å². The summed E-state index contributed by atoms with van der Waals surface area (Å²) < 4.78 is 17.1. The van der Waals surface area contributed by atoms with Gasteiger partial charge < -0.3 is 19.9 Å². The minimum atomic E-state index is -0.334. The van der Waals surface area contributed by atoms with Crippen molar-refractivity contribution in [1.82, 2.24) is 14.9 Å². The number of rotatable bonds is 4. The Hall–Kier alpha value is -2.38. The lowest BCUT2D eigenvalue weighted by Crippen LogP contribution is -2.47. The van der Waals surface area contributed by atoms with E-state index in [0.717, 1.165) is 61.7 Å². The normalized spacial score (nSPS) is 18.9. The molecular weight excluding hydrogens is 344 g/mol. The summed E-state index contributed by atoms with van der Waals surface area (Å²) >= 11 is 0. The topological polar surface area (TPSA) is 82.7 Å². The third-order valence-electron chi connectivity index (χ3n) is 5.61. The molecule has 0 amide bonds. The number of anilines is 1. The van der Waals surface area contributed by atoms with Crippen LogP contribution in [0.5, 0.6) is 11.5 Å². The molecule has 27 heavy (non-hydrogen) atoms. The summed E-state index contributed by atoms with van der Waals surface area (Å²) in [5, 5.41) is 0. The van der Waals surface area contributed by atoms with Crippen LogP contribution in [-0.2, 0) is 23.3 Å². The minimum Gasteiger partial charge on any atom is -0.497 e. The van der Waals surface area contributed by atoms with Gasteiger partial charge >= 0.3 is 0 Å². The Labute approximate surface area is 159 Å². The van der Waals surface area contributed by atoms with E-state index in [0.29, 0.717) is 12.6 Å². The summed E-state index contributed by atoms with van der Waals surface area (Å²) in [6.07, 6.45) is 4.49. The molecule has 1 aromatic heterocycles. The largest absolute Gasteiger partial charge is 0.497 e. The van der Waals surface area contributed by atoms with E-state index in [-0.39, 0.29) is 5.60 Å². The summed E-state index contributed by atoms with van der Waals surface area (Å²) in [4.78, 5) is 11.1. The predicted octanol–water partition coefficient (Wildman–Crippen LogP) is 2.14. The van der Waals surface area contributed by atoms with Crippen molar-refractivity contribution < 1.29 is 14.2 Å². The molecule has 7 nitrogen and oxygen atoms in total. The fraction of sp³-hybridized carbons (Fsp3) is 0.500. The Morgan fingerprint density at radius 3 is 2.78 bits per heavy atom. The summed E-state index contributed by atoms with van der Waals surface area (Å²) in [6, 6.07) is 5.92. The maximum Gasteiger partial charge on any atom is 0.220 e. The Morgan fingerprint density at radius 2 is 2.04 bits per heavy atom. The first kappa shape index (κ1) is 18.0. The lowest BCUT2D eigenvalue weighted by atomic mass is 9.83. The fourth-order valence-electron chi connectivity index (χ4n) is 4.12. The molecule has 1 fully saturated rings. The number of fused-ring (bicyclic) bond motifs is 2. The molecule has 2 aromatic rings. The first-order valence-electron chi connectivity index (χ1n) is 9.32. The number of aromatic nitrogens is 2. The second-order valence-electron chi connectivity index (χ2n) is 7.15. The molecule has 0 radical (unpaired) electrons. The Balaban J connectivity index is 1.50. The number of nitrogen functional groups attached to an aromatic ring is 1. The highest BCUT2D eigenvalue weighted by molar-refractivity contribution is 5.40. The number of piperidine rings is 1. The first-order chi connectivity index (χ1) is 13.1. The number of nitrogens with zero attached hydrogens (tertiary/aromatic N) is 3. The third-order valence-corrected chi connectivity index (χ3v) is 5.61. The van der Waals surface area contributed by atoms with E-state index < -0.39 is 0 Å². The average molecular weight is 370 g/mol. The van der Waals surface area contributed by atoms with Crippen molar-refractivity contribution in [2.75, 3.05) is 39.6 Å². The summed E-state index contributed by atoms with van der Waals surface area (Å²) in [5.74, 6) is 2.05. The molecule has 1 aromatic carbocycles. The second-order valence-corrected chi connectivity index (χ2v) is 7.15. The van der Waals surface area contributed by atoms with Crippen molar-refractivity contribution in [2.45, 2.75) is 31.4 Å². The van der Waals surface area contributed by atoms with Crippen LogP contribution in [0.2, 0.25) is 0 Å². The lowest BCUT2D eigenvalue weighted by molar-refractivity contribution is -0.102. The van der Waals surface area contributed by atoms with Crippen molar-refractivity contribution in [1.29, 1.82) is 0 Å². The van der Waals surface area contributed by atoms with Gasteiger partial charge in [-0.25, -0.2) is 9.97 Å². The van der Waals surface area contributed by atoms with E-state index >= 15 is 0 Å². The molecule has 2 aliphatic rings. The van der Waals surface area contributed by atoms with Crippen molar-refractivity contribution >= 4 is 5.95 Å². The molecule has 0 aliphatic carbocycles. The van der Waals surface area contributed by atoms with Gasteiger partial charge in [0.15, 0.2) is 0 Å². The molecule has 2 aliphatic heterocycles. The van der Waals surface area contributed by atoms with Crippen LogP contribution in [0.4, 0.5) is 5.95 Å². The SMILES string of the molecule is COc1ccc(OC)c(CN2CCC3(CC2)OCCc2cnc(N)nc23)c1. The number of hydrogen-bond donors (Lipinski definition) is 1. The van der Waals surface area contributed by atoms with Crippen LogP contribution in [0.1, 0.15) is 29.7 Å². The van der Waals surface area contributed by atoms with Gasteiger partial charge in [-0.15, -0.1) is 0 Å². The van der Waals surface area contributed by atoms with Crippen molar-refractivity contribution in [3.63, 3.8) is 0 Å². The molecule has 0 atom stereocenters. The number of likely N-dealkylation sites (tertiary alicyclic amines) is 1. The van der Waals surface area contributed by atoms with Crippen LogP contribution in [0, 0.1) is 0 Å². The number of benzene rings is 1. The Kier molecular flexibility index (Phi) is 4.88. The van der Waals surface area contributed by atoms with Gasteiger partial charge in [0.2, 0.25) is 5.95 Å². The predicted molar refractivity (Wildman–Crippen MR) is 102 cm³/mol. The zero-order valence-corrected chi connectivity index (χ0v) is 15.9. The molecule has 4 rings (SSSR count). The Bertz CT molecular complexity index is 819. The van der Waals surface area contributed by atoms with E-state index in [1.165, 1.54) is 5.56 Å². The van der Waals surface area contributed by atoms with E-state index in [2.05, 4.69) is 14.9 Å². The summed E-state index contributed by atoms with van der Waals surface area (Å²) in [6.45, 7) is 3.37. The van der Waals surface area contributed by atoms with Gasteiger partial charge in [-0.3, -0.25) is 4.90 Å². The van der Waals surface area contributed by atoms with Gasteiger partial charge in [-0.1, -0.05) is 0 Å². The molecule has 0 unspecified atom stereocenters. The van der Waals surface area contributed by atoms with Crippen molar-refractivity contribution in [3.05, 3.63) is 41.2 Å². The molecule has 7 heteroatoms. The highest BCUT2D eigenvalue weighted by Crippen LogP contribution is 2.41. The minimum absolute atomic E-state index is 0.321. The quantitative estimate of drug-likeness (QED) is 0.883. The van der Waals surface area contributed by atoms with Crippen LogP contribution < -0.4 is 15.2 Å². The van der Waals surface area contributed by atoms with Crippen molar-refractivity contribution in [3.8, 4) is 11.5 Å². The molecule has 0 saturated carbocycles. The zero-order valence-electron chi connectivity index (χ0n) is 15.9. The maximum absolute atomic E-state index is 6.25. The number of nitrogens with two attached hydrogens (primary N) is 1. The highest BCUT2D eigenvalue weighted by atomic mass is 16.5. The van der Waals surface area contributed by atoms with E-state index in [1.807, 2.05) is 24.4 Å². The van der Waals surface area contributed by atoms with Crippen LogP contribution in [0.3, 0.4) is 0 Å². The summed E-state index contributed by atoms with van der Waals surface area (Å²) in [7, 11) is 3.38. The molecule has 1 saturated heterocycles. The molecule has 144 valence electrons. The fourth-order valence-corrected chi connectivity index (χ4v) is 4.12. The molecular formula is C20H26N4O3. The van der Waals surface area contributed by atoms with E-state index in [9.17, 15) is 0 Å². The second kappa shape index (κ2) is 7.32. The van der Waals surface area contributed by atoms with Gasteiger partial charge in [0.1, 0.15) is 17.1 Å². The molecule has 2 N–H and O–H groups in total. The maximum atomic E-state index is 6.25. The van der Waals surface area contributed by atoms with Gasteiger partial charge in [-0.05, 0) is 43.0 Å². The standard InChI is InChI=1S/C20H26N4O3/c1-25-16-3-4-17(26-2)15(11-16)13-24-8-6-20(7-9-24)18-14(5-10-27-20)12-22-19(21)23-18/h3-4,11-12H,5-10,13H2,1-2H3,(H2,21,22,23). The molecule has 0 bridgehead atoms. The zero-order chi connectivity index (χ0) is 18.9.